The highest BCUT2D eigenvalue weighted by Crippen LogP contribution is 2.51. The van der Waals surface area contributed by atoms with E-state index in [0.717, 1.165) is 39.4 Å². The summed E-state index contributed by atoms with van der Waals surface area (Å²) in [5.41, 5.74) is 13.1. The Hall–Kier alpha value is -5.90. The van der Waals surface area contributed by atoms with Gasteiger partial charge in [0, 0.05) is 53.6 Å². The average Bonchev–Trinajstić information content (AvgIpc) is 3.83. The van der Waals surface area contributed by atoms with Gasteiger partial charge in [0.1, 0.15) is 11.3 Å². The van der Waals surface area contributed by atoms with Gasteiger partial charge in [-0.05, 0) is 100 Å². The maximum Gasteiger partial charge on any atom is 0.135 e. The largest absolute Gasteiger partial charge is 0.456 e. The van der Waals surface area contributed by atoms with Crippen LogP contribution in [-0.4, -0.2) is 0 Å². The van der Waals surface area contributed by atoms with Crippen molar-refractivity contribution < 1.29 is 4.42 Å². The Morgan fingerprint density at radius 3 is 1.96 bits per heavy atom. The fourth-order valence-corrected chi connectivity index (χ4v) is 9.18. The Bertz CT molecular complexity index is 2700. The molecule has 0 aliphatic heterocycles. The van der Waals surface area contributed by atoms with Crippen molar-refractivity contribution in [3.8, 4) is 33.6 Å². The van der Waals surface area contributed by atoms with Gasteiger partial charge < -0.3 is 9.32 Å². The second-order valence-corrected chi connectivity index (χ2v) is 14.8. The summed E-state index contributed by atoms with van der Waals surface area (Å²) in [7, 11) is 0. The number of hydrogen-bond acceptors (Lipinski definition) is 3. The lowest BCUT2D eigenvalue weighted by Crippen LogP contribution is -2.16. The maximum atomic E-state index is 6.22. The third-order valence-corrected chi connectivity index (χ3v) is 11.7. The lowest BCUT2D eigenvalue weighted by atomic mass is 9.82. The van der Waals surface area contributed by atoms with Gasteiger partial charge in [0.2, 0.25) is 0 Å². The quantitative estimate of drug-likeness (QED) is 0.183. The van der Waals surface area contributed by atoms with Crippen LogP contribution in [0, 0.1) is 0 Å². The van der Waals surface area contributed by atoms with Gasteiger partial charge in [-0.1, -0.05) is 111 Å². The zero-order valence-electron chi connectivity index (χ0n) is 27.9. The van der Waals surface area contributed by atoms with E-state index in [1.807, 2.05) is 29.5 Å². The summed E-state index contributed by atoms with van der Waals surface area (Å²) in [6.07, 6.45) is 0. The van der Waals surface area contributed by atoms with Crippen molar-refractivity contribution in [2.24, 2.45) is 0 Å². The van der Waals surface area contributed by atoms with E-state index in [9.17, 15) is 0 Å². The van der Waals surface area contributed by atoms with Crippen LogP contribution in [0.25, 0.3) is 64.7 Å². The summed E-state index contributed by atoms with van der Waals surface area (Å²) < 4.78 is 8.88. The van der Waals surface area contributed by atoms with Gasteiger partial charge in [0.25, 0.3) is 0 Å². The number of fused-ring (bicyclic) bond motifs is 7. The molecule has 0 saturated heterocycles. The molecule has 2 heterocycles. The summed E-state index contributed by atoms with van der Waals surface area (Å²) in [6, 6.07) is 59.4. The molecule has 0 atom stereocenters. The molecular weight excluding hydrogens is 627 g/mol. The van der Waals surface area contributed by atoms with E-state index in [1.54, 1.807) is 0 Å². The van der Waals surface area contributed by atoms with Crippen molar-refractivity contribution in [2.75, 3.05) is 4.90 Å². The van der Waals surface area contributed by atoms with E-state index in [1.165, 1.54) is 53.6 Å². The van der Waals surface area contributed by atoms with Gasteiger partial charge in [-0.25, -0.2) is 0 Å². The molecule has 0 unspecified atom stereocenters. The molecule has 0 radical (unpaired) electrons. The van der Waals surface area contributed by atoms with Crippen molar-refractivity contribution in [1.82, 2.24) is 0 Å². The Morgan fingerprint density at radius 2 is 1.14 bits per heavy atom. The highest BCUT2D eigenvalue weighted by atomic mass is 32.1. The first-order chi connectivity index (χ1) is 24.5. The molecule has 0 N–H and O–H groups in total. The molecule has 0 saturated carbocycles. The third-order valence-electron chi connectivity index (χ3n) is 10.5. The standard InChI is InChI=1S/C47H33NOS/c1-47(2)41-15-6-4-11-37(41)38-27-26-35(29-42(38)47)48(34-24-20-31(21-25-34)44-28-32-10-3-7-16-43(32)49-44)33-22-18-30(19-23-33)36-13-9-14-40-39-12-5-8-17-45(39)50-46(36)40/h3-29H,1-2H3. The summed E-state index contributed by atoms with van der Waals surface area (Å²) in [5.74, 6) is 0.876. The highest BCUT2D eigenvalue weighted by Gasteiger charge is 2.35. The first kappa shape index (κ1) is 29.1. The maximum absolute atomic E-state index is 6.22. The molecule has 0 fully saturated rings. The van der Waals surface area contributed by atoms with Gasteiger partial charge in [-0.15, -0.1) is 11.3 Å². The number of rotatable bonds is 5. The number of para-hydroxylation sites is 1. The number of benzene rings is 7. The van der Waals surface area contributed by atoms with E-state index in [4.69, 9.17) is 4.42 Å². The van der Waals surface area contributed by atoms with Gasteiger partial charge in [0.15, 0.2) is 0 Å². The molecular formula is C47H33NOS. The van der Waals surface area contributed by atoms with Crippen LogP contribution in [0.1, 0.15) is 25.0 Å². The first-order valence-electron chi connectivity index (χ1n) is 17.2. The van der Waals surface area contributed by atoms with Gasteiger partial charge in [0.05, 0.1) is 0 Å². The minimum atomic E-state index is -0.0917. The van der Waals surface area contributed by atoms with Crippen LogP contribution in [-0.2, 0) is 5.41 Å². The summed E-state index contributed by atoms with van der Waals surface area (Å²) >= 11 is 1.88. The van der Waals surface area contributed by atoms with E-state index in [-0.39, 0.29) is 5.41 Å². The smallest absolute Gasteiger partial charge is 0.135 e. The summed E-state index contributed by atoms with van der Waals surface area (Å²) in [5, 5.41) is 3.76. The Labute approximate surface area is 295 Å². The minimum absolute atomic E-state index is 0.0917. The SMILES string of the molecule is CC1(C)c2ccccc2-c2ccc(N(c3ccc(-c4cc5ccccc5o4)cc3)c3ccc(-c4cccc5c4sc4ccccc45)cc3)cc21. The fraction of sp³-hybridized carbons (Fsp3) is 0.0638. The van der Waals surface area contributed by atoms with Crippen molar-refractivity contribution >= 4 is 59.5 Å². The molecule has 7 aromatic carbocycles. The Balaban J connectivity index is 1.09. The van der Waals surface area contributed by atoms with Crippen molar-refractivity contribution in [3.63, 3.8) is 0 Å². The second kappa shape index (κ2) is 11.1. The van der Waals surface area contributed by atoms with E-state index >= 15 is 0 Å². The van der Waals surface area contributed by atoms with Crippen LogP contribution in [0.15, 0.2) is 168 Å². The molecule has 0 bridgehead atoms. The molecule has 1 aliphatic carbocycles. The second-order valence-electron chi connectivity index (χ2n) is 13.8. The number of furan rings is 1. The van der Waals surface area contributed by atoms with E-state index < -0.39 is 0 Å². The van der Waals surface area contributed by atoms with E-state index in [0.29, 0.717) is 0 Å². The Morgan fingerprint density at radius 1 is 0.500 bits per heavy atom. The van der Waals surface area contributed by atoms with Crippen LogP contribution in [0.2, 0.25) is 0 Å². The van der Waals surface area contributed by atoms with E-state index in [2.05, 4.69) is 164 Å². The molecule has 10 rings (SSSR count). The van der Waals surface area contributed by atoms with Crippen molar-refractivity contribution in [2.45, 2.75) is 19.3 Å². The topological polar surface area (TPSA) is 16.4 Å². The normalized spacial score (nSPS) is 13.2. The third kappa shape index (κ3) is 4.47. The number of hydrogen-bond donors (Lipinski definition) is 0. The zero-order chi connectivity index (χ0) is 33.4. The van der Waals surface area contributed by atoms with Crippen LogP contribution in [0.3, 0.4) is 0 Å². The van der Waals surface area contributed by atoms with Crippen LogP contribution in [0.5, 0.6) is 0 Å². The molecule has 50 heavy (non-hydrogen) atoms. The van der Waals surface area contributed by atoms with Crippen LogP contribution >= 0.6 is 11.3 Å². The van der Waals surface area contributed by atoms with Gasteiger partial charge in [-0.3, -0.25) is 0 Å². The monoisotopic (exact) mass is 659 g/mol. The molecule has 238 valence electrons. The molecule has 2 nitrogen and oxygen atoms in total. The average molecular weight is 660 g/mol. The Kier molecular flexibility index (Phi) is 6.43. The number of thiophene rings is 1. The van der Waals surface area contributed by atoms with Gasteiger partial charge in [-0.2, -0.15) is 0 Å². The summed E-state index contributed by atoms with van der Waals surface area (Å²) in [6.45, 7) is 4.69. The first-order valence-corrected chi connectivity index (χ1v) is 18.0. The molecule has 3 heteroatoms. The van der Waals surface area contributed by atoms with Crippen molar-refractivity contribution in [1.29, 1.82) is 0 Å². The predicted molar refractivity (Wildman–Crippen MR) is 212 cm³/mol. The molecule has 0 amide bonds. The predicted octanol–water partition coefficient (Wildman–Crippen LogP) is 13.9. The van der Waals surface area contributed by atoms with Crippen molar-refractivity contribution in [3.05, 3.63) is 175 Å². The molecule has 0 spiro atoms. The fourth-order valence-electron chi connectivity index (χ4n) is 7.94. The molecule has 1 aliphatic rings. The lowest BCUT2D eigenvalue weighted by molar-refractivity contribution is 0.631. The molecule has 9 aromatic rings. The van der Waals surface area contributed by atoms with Crippen LogP contribution < -0.4 is 4.90 Å². The van der Waals surface area contributed by atoms with Gasteiger partial charge >= 0.3 is 0 Å². The molecule has 2 aromatic heterocycles. The highest BCUT2D eigenvalue weighted by molar-refractivity contribution is 7.26. The summed E-state index contributed by atoms with van der Waals surface area (Å²) in [4.78, 5) is 2.38. The number of anilines is 3. The number of nitrogens with zero attached hydrogens (tertiary/aromatic N) is 1. The zero-order valence-corrected chi connectivity index (χ0v) is 28.7. The van der Waals surface area contributed by atoms with Crippen LogP contribution in [0.4, 0.5) is 17.1 Å². The lowest BCUT2D eigenvalue weighted by Gasteiger charge is -2.28. The minimum Gasteiger partial charge on any atom is -0.456 e.